The zero-order valence-corrected chi connectivity index (χ0v) is 19.7. The van der Waals surface area contributed by atoms with Crippen LogP contribution in [0.3, 0.4) is 0 Å². The number of nitrogens with one attached hydrogen (secondary N) is 2. The number of anilines is 2. The lowest BCUT2D eigenvalue weighted by atomic mass is 9.91. The Morgan fingerprint density at radius 1 is 1.00 bits per heavy atom. The summed E-state index contributed by atoms with van der Waals surface area (Å²) in [7, 11) is 0. The summed E-state index contributed by atoms with van der Waals surface area (Å²) in [5.41, 5.74) is -1.38. The normalized spacial score (nSPS) is 19.8. The Labute approximate surface area is 210 Å². The Bertz CT molecular complexity index is 1260. The molecule has 1 aromatic heterocycles. The molecular formula is C26H24F3N5O3. The van der Waals surface area contributed by atoms with E-state index in [1.807, 2.05) is 0 Å². The Hall–Kier alpha value is -3.83. The van der Waals surface area contributed by atoms with Gasteiger partial charge in [0.15, 0.2) is 11.4 Å². The van der Waals surface area contributed by atoms with Crippen molar-refractivity contribution < 1.29 is 27.5 Å². The first-order valence-corrected chi connectivity index (χ1v) is 11.8. The first-order chi connectivity index (χ1) is 17.8. The molecule has 11 heteroatoms. The summed E-state index contributed by atoms with van der Waals surface area (Å²) < 4.78 is 45.0. The Kier molecular flexibility index (Phi) is 6.65. The maximum absolute atomic E-state index is 13.4. The number of rotatable bonds is 7. The van der Waals surface area contributed by atoms with Gasteiger partial charge < -0.3 is 15.4 Å². The van der Waals surface area contributed by atoms with Gasteiger partial charge >= 0.3 is 6.18 Å². The molecular weight excluding hydrogens is 487 g/mol. The number of hydrogen-bond donors (Lipinski definition) is 2. The van der Waals surface area contributed by atoms with Crippen LogP contribution in [0.4, 0.5) is 24.7 Å². The minimum atomic E-state index is -4.48. The van der Waals surface area contributed by atoms with Gasteiger partial charge in [-0.25, -0.2) is 0 Å². The van der Waals surface area contributed by atoms with Crippen LogP contribution in [0.2, 0.25) is 0 Å². The molecule has 2 aliphatic rings. The average molecular weight is 512 g/mol. The third-order valence-electron chi connectivity index (χ3n) is 6.55. The standard InChI is InChI=1S/C26H24F3N5O3/c27-26(28,29)19-5-3-17(4-6-19)23(35)25(11-13-30-16-25)37-21-9-7-20(8-10-21)34(22-2-1-12-32-33-22)24(36)18-14-31-15-18/h1-10,12,18,30-31H,11,13-16H2/t25-/m1/s1. The van der Waals surface area contributed by atoms with Crippen molar-refractivity contribution in [2.75, 3.05) is 31.1 Å². The first-order valence-electron chi connectivity index (χ1n) is 11.8. The van der Waals surface area contributed by atoms with Gasteiger partial charge in [-0.15, -0.1) is 5.10 Å². The first kappa shape index (κ1) is 24.8. The molecule has 3 heterocycles. The second-order valence-electron chi connectivity index (χ2n) is 9.03. The molecule has 2 N–H and O–H groups in total. The molecule has 8 nitrogen and oxygen atoms in total. The van der Waals surface area contributed by atoms with E-state index in [2.05, 4.69) is 20.8 Å². The minimum absolute atomic E-state index is 0.109. The summed E-state index contributed by atoms with van der Waals surface area (Å²) in [6, 6.07) is 14.3. The number of aromatic nitrogens is 2. The molecule has 1 atom stereocenters. The zero-order chi connectivity index (χ0) is 26.0. The maximum atomic E-state index is 13.4. The molecule has 37 heavy (non-hydrogen) atoms. The number of alkyl halides is 3. The van der Waals surface area contributed by atoms with Crippen LogP contribution >= 0.6 is 0 Å². The molecule has 192 valence electrons. The molecule has 2 fully saturated rings. The van der Waals surface area contributed by atoms with E-state index < -0.39 is 23.1 Å². The van der Waals surface area contributed by atoms with Crippen molar-refractivity contribution in [3.8, 4) is 5.75 Å². The van der Waals surface area contributed by atoms with E-state index in [1.54, 1.807) is 36.4 Å². The highest BCUT2D eigenvalue weighted by molar-refractivity contribution is 6.03. The molecule has 2 aliphatic heterocycles. The van der Waals surface area contributed by atoms with E-state index in [9.17, 15) is 22.8 Å². The van der Waals surface area contributed by atoms with Crippen LogP contribution < -0.4 is 20.3 Å². The molecule has 0 spiro atoms. The smallest absolute Gasteiger partial charge is 0.416 e. The van der Waals surface area contributed by atoms with E-state index in [-0.39, 0.29) is 23.9 Å². The number of halogens is 3. The summed E-state index contributed by atoms with van der Waals surface area (Å²) in [6.45, 7) is 1.90. The number of Topliss-reactive ketones (excluding diaryl/α,β-unsaturated/α-hetero) is 1. The molecule has 0 unspecified atom stereocenters. The topological polar surface area (TPSA) is 96.5 Å². The SMILES string of the molecule is O=C(C1CNC1)N(c1ccc(O[C@]2(C(=O)c3ccc(C(F)(F)F)cc3)CCNC2)cc1)c1cccnn1. The number of ketones is 1. The van der Waals surface area contributed by atoms with E-state index in [4.69, 9.17) is 4.74 Å². The van der Waals surface area contributed by atoms with Gasteiger partial charge in [-0.1, -0.05) is 12.1 Å². The van der Waals surface area contributed by atoms with Crippen molar-refractivity contribution in [2.24, 2.45) is 5.92 Å². The number of nitrogens with zero attached hydrogens (tertiary/aromatic N) is 3. The van der Waals surface area contributed by atoms with E-state index >= 15 is 0 Å². The van der Waals surface area contributed by atoms with Gasteiger partial charge in [0.05, 0.1) is 17.2 Å². The van der Waals surface area contributed by atoms with Gasteiger partial charge in [0, 0.05) is 37.8 Å². The monoisotopic (exact) mass is 511 g/mol. The lowest BCUT2D eigenvalue weighted by Crippen LogP contribution is -2.51. The lowest BCUT2D eigenvalue weighted by molar-refractivity contribution is -0.137. The van der Waals surface area contributed by atoms with Crippen LogP contribution in [0.15, 0.2) is 66.9 Å². The van der Waals surface area contributed by atoms with Crippen LogP contribution in [0.25, 0.3) is 0 Å². The second-order valence-corrected chi connectivity index (χ2v) is 9.03. The van der Waals surface area contributed by atoms with Crippen LogP contribution in [-0.4, -0.2) is 53.7 Å². The highest BCUT2D eigenvalue weighted by Gasteiger charge is 2.44. The number of carbonyl (C=O) groups excluding carboxylic acids is 2. The summed E-state index contributed by atoms with van der Waals surface area (Å²) in [6.07, 6.45) is -2.60. The number of ether oxygens (including phenoxy) is 1. The molecule has 3 aromatic rings. The van der Waals surface area contributed by atoms with Crippen molar-refractivity contribution in [1.29, 1.82) is 0 Å². The number of hydrogen-bond acceptors (Lipinski definition) is 7. The van der Waals surface area contributed by atoms with Crippen LogP contribution in [0, 0.1) is 5.92 Å². The molecule has 0 bridgehead atoms. The number of amides is 1. The Balaban J connectivity index is 1.38. The summed E-state index contributed by atoms with van der Waals surface area (Å²) in [5, 5.41) is 14.2. The fourth-order valence-corrected chi connectivity index (χ4v) is 4.39. The molecule has 0 aliphatic carbocycles. The second kappa shape index (κ2) is 9.91. The van der Waals surface area contributed by atoms with E-state index in [1.165, 1.54) is 23.2 Å². The molecule has 1 amide bonds. The summed E-state index contributed by atoms with van der Waals surface area (Å²) >= 11 is 0. The maximum Gasteiger partial charge on any atom is 0.416 e. The fraction of sp³-hybridized carbons (Fsp3) is 0.308. The molecule has 5 rings (SSSR count). The van der Waals surface area contributed by atoms with Crippen molar-refractivity contribution in [3.05, 3.63) is 78.0 Å². The predicted octanol–water partition coefficient (Wildman–Crippen LogP) is 3.37. The molecule has 0 radical (unpaired) electrons. The molecule has 2 aromatic carbocycles. The summed E-state index contributed by atoms with van der Waals surface area (Å²) in [4.78, 5) is 28.0. The van der Waals surface area contributed by atoms with Crippen LogP contribution in [0.1, 0.15) is 22.3 Å². The minimum Gasteiger partial charge on any atom is -0.478 e. The van der Waals surface area contributed by atoms with Crippen molar-refractivity contribution in [1.82, 2.24) is 20.8 Å². The van der Waals surface area contributed by atoms with Crippen molar-refractivity contribution >= 4 is 23.2 Å². The third-order valence-corrected chi connectivity index (χ3v) is 6.55. The zero-order valence-electron chi connectivity index (χ0n) is 19.7. The number of benzene rings is 2. The lowest BCUT2D eigenvalue weighted by Gasteiger charge is -2.32. The van der Waals surface area contributed by atoms with E-state index in [0.717, 1.165) is 12.1 Å². The van der Waals surface area contributed by atoms with Gasteiger partial charge in [0.25, 0.3) is 0 Å². The highest BCUT2D eigenvalue weighted by Crippen LogP contribution is 2.33. The van der Waals surface area contributed by atoms with Gasteiger partial charge in [-0.05, 0) is 55.1 Å². The van der Waals surface area contributed by atoms with Gasteiger partial charge in [0.1, 0.15) is 5.75 Å². The number of carbonyl (C=O) groups is 2. The third kappa shape index (κ3) is 5.05. The van der Waals surface area contributed by atoms with Crippen LogP contribution in [-0.2, 0) is 11.0 Å². The quantitative estimate of drug-likeness (QED) is 0.470. The summed E-state index contributed by atoms with van der Waals surface area (Å²) in [5.74, 6) is 0.102. The van der Waals surface area contributed by atoms with Gasteiger partial charge in [-0.3, -0.25) is 14.5 Å². The predicted molar refractivity (Wildman–Crippen MR) is 129 cm³/mol. The van der Waals surface area contributed by atoms with Crippen LogP contribution in [0.5, 0.6) is 5.75 Å². The fourth-order valence-electron chi connectivity index (χ4n) is 4.39. The molecule has 2 saturated heterocycles. The van der Waals surface area contributed by atoms with Crippen molar-refractivity contribution in [3.63, 3.8) is 0 Å². The van der Waals surface area contributed by atoms with Crippen molar-refractivity contribution in [2.45, 2.75) is 18.2 Å². The van der Waals surface area contributed by atoms with E-state index in [0.29, 0.717) is 43.3 Å². The highest BCUT2D eigenvalue weighted by atomic mass is 19.4. The van der Waals surface area contributed by atoms with Gasteiger partial charge in [0.2, 0.25) is 11.7 Å². The van der Waals surface area contributed by atoms with Gasteiger partial charge in [-0.2, -0.15) is 18.3 Å². The average Bonchev–Trinajstić information content (AvgIpc) is 3.33. The Morgan fingerprint density at radius 2 is 1.73 bits per heavy atom. The Morgan fingerprint density at radius 3 is 2.27 bits per heavy atom. The largest absolute Gasteiger partial charge is 0.478 e. The molecule has 0 saturated carbocycles.